The van der Waals surface area contributed by atoms with Crippen molar-refractivity contribution in [1.82, 2.24) is 4.90 Å². The molecule has 1 aromatic rings. The van der Waals surface area contributed by atoms with Crippen molar-refractivity contribution in [1.29, 1.82) is 0 Å². The van der Waals surface area contributed by atoms with Gasteiger partial charge in [0.1, 0.15) is 4.32 Å². The maximum atomic E-state index is 5.57. The maximum absolute atomic E-state index is 5.57. The molecule has 3 heteroatoms. The van der Waals surface area contributed by atoms with Gasteiger partial charge in [0.2, 0.25) is 0 Å². The molecule has 0 spiro atoms. The Hall–Kier alpha value is -0.540. The van der Waals surface area contributed by atoms with Crippen molar-refractivity contribution in [2.75, 3.05) is 0 Å². The minimum Gasteiger partial charge on any atom is -0.349 e. The average Bonchev–Trinajstić information content (AvgIpc) is 2.69. The van der Waals surface area contributed by atoms with Crippen LogP contribution in [0.1, 0.15) is 36.8 Å². The van der Waals surface area contributed by atoms with Gasteiger partial charge < -0.3 is 4.90 Å². The van der Waals surface area contributed by atoms with Gasteiger partial charge >= 0.3 is 0 Å². The molecule has 96 valence electrons. The fraction of sp³-hybridized carbons (Fsp3) is 0.533. The highest BCUT2D eigenvalue weighted by atomic mass is 32.2. The van der Waals surface area contributed by atoms with Gasteiger partial charge in [-0.05, 0) is 25.3 Å². The smallest absolute Gasteiger partial charge is 0.137 e. The minimum atomic E-state index is 0.692. The van der Waals surface area contributed by atoms with Crippen LogP contribution < -0.4 is 0 Å². The Bertz CT molecular complexity index is 440. The van der Waals surface area contributed by atoms with E-state index in [9.17, 15) is 0 Å². The van der Waals surface area contributed by atoms with Crippen LogP contribution >= 0.6 is 24.0 Å². The molecule has 1 saturated carbocycles. The van der Waals surface area contributed by atoms with Crippen LogP contribution in [0.5, 0.6) is 0 Å². The Morgan fingerprint density at radius 2 is 1.94 bits per heavy atom. The van der Waals surface area contributed by atoms with E-state index in [0.29, 0.717) is 6.04 Å². The van der Waals surface area contributed by atoms with E-state index in [4.69, 9.17) is 12.2 Å². The number of hydrogen-bond acceptors (Lipinski definition) is 2. The molecule has 2 unspecified atom stereocenters. The normalized spacial score (nSPS) is 27.4. The summed E-state index contributed by atoms with van der Waals surface area (Å²) in [6.07, 6.45) is 5.42. The van der Waals surface area contributed by atoms with E-state index < -0.39 is 0 Å². The van der Waals surface area contributed by atoms with Gasteiger partial charge in [0, 0.05) is 17.8 Å². The van der Waals surface area contributed by atoms with Crippen molar-refractivity contribution in [3.05, 3.63) is 35.4 Å². The first kappa shape index (κ1) is 12.5. The zero-order valence-electron chi connectivity index (χ0n) is 10.8. The van der Waals surface area contributed by atoms with Gasteiger partial charge in [-0.15, -0.1) is 0 Å². The highest BCUT2D eigenvalue weighted by Crippen LogP contribution is 2.41. The molecule has 1 heterocycles. The van der Waals surface area contributed by atoms with E-state index in [1.54, 1.807) is 0 Å². The number of rotatable bonds is 2. The first-order valence-corrected chi connectivity index (χ1v) is 8.05. The zero-order valence-corrected chi connectivity index (χ0v) is 12.4. The summed E-state index contributed by atoms with van der Waals surface area (Å²) in [7, 11) is 0. The summed E-state index contributed by atoms with van der Waals surface area (Å²) in [5.41, 5.74) is 2.71. The fourth-order valence-electron chi connectivity index (χ4n) is 2.98. The lowest BCUT2D eigenvalue weighted by atomic mass is 9.94. The van der Waals surface area contributed by atoms with Crippen molar-refractivity contribution < 1.29 is 0 Å². The summed E-state index contributed by atoms with van der Waals surface area (Å²) in [5.74, 6) is 0. The third-order valence-electron chi connectivity index (χ3n) is 4.03. The molecule has 0 N–H and O–H groups in total. The van der Waals surface area contributed by atoms with E-state index in [0.717, 1.165) is 16.1 Å². The van der Waals surface area contributed by atoms with Crippen molar-refractivity contribution in [3.63, 3.8) is 0 Å². The predicted octanol–water partition coefficient (Wildman–Crippen LogP) is 4.14. The molecular formula is C15H19NS2. The van der Waals surface area contributed by atoms with Crippen LogP contribution in [0.2, 0.25) is 0 Å². The quantitative estimate of drug-likeness (QED) is 0.748. The highest BCUT2D eigenvalue weighted by Gasteiger charge is 2.39. The summed E-state index contributed by atoms with van der Waals surface area (Å²) in [6.45, 7) is 3.13. The third kappa shape index (κ3) is 2.43. The van der Waals surface area contributed by atoms with E-state index in [1.165, 1.54) is 36.8 Å². The molecule has 0 radical (unpaired) electrons. The lowest BCUT2D eigenvalue weighted by Crippen LogP contribution is -2.37. The standard InChI is InChI=1S/C15H19NS2/c1-11-6-8-12(9-7-11)10-16-13-4-2-3-5-14(13)18-15(16)17/h6-9,13-14H,2-5,10H2,1H3. The van der Waals surface area contributed by atoms with E-state index in [2.05, 4.69) is 36.1 Å². The highest BCUT2D eigenvalue weighted by molar-refractivity contribution is 8.23. The molecule has 0 amide bonds. The Morgan fingerprint density at radius 3 is 2.72 bits per heavy atom. The first-order chi connectivity index (χ1) is 8.74. The number of hydrogen-bond donors (Lipinski definition) is 0. The van der Waals surface area contributed by atoms with Gasteiger partial charge in [0.05, 0.1) is 0 Å². The number of fused-ring (bicyclic) bond motifs is 1. The molecule has 1 nitrogen and oxygen atoms in total. The number of nitrogens with zero attached hydrogens (tertiary/aromatic N) is 1. The van der Waals surface area contributed by atoms with Crippen LogP contribution in [-0.2, 0) is 6.54 Å². The van der Waals surface area contributed by atoms with Gasteiger partial charge in [-0.2, -0.15) is 0 Å². The van der Waals surface area contributed by atoms with Crippen LogP contribution in [0.15, 0.2) is 24.3 Å². The molecule has 1 aliphatic heterocycles. The Kier molecular flexibility index (Phi) is 3.62. The third-order valence-corrected chi connectivity index (χ3v) is 5.84. The van der Waals surface area contributed by atoms with Gasteiger partial charge in [0.25, 0.3) is 0 Å². The van der Waals surface area contributed by atoms with Crippen molar-refractivity contribution in [2.24, 2.45) is 0 Å². The monoisotopic (exact) mass is 277 g/mol. The zero-order chi connectivity index (χ0) is 12.5. The van der Waals surface area contributed by atoms with Crippen LogP contribution in [-0.4, -0.2) is 20.5 Å². The van der Waals surface area contributed by atoms with Gasteiger partial charge in [-0.3, -0.25) is 0 Å². The van der Waals surface area contributed by atoms with E-state index in [1.807, 2.05) is 11.8 Å². The second-order valence-corrected chi connectivity index (χ2v) is 7.26. The molecular weight excluding hydrogens is 258 g/mol. The molecule has 2 atom stereocenters. The summed E-state index contributed by atoms with van der Waals surface area (Å²) in [5, 5.41) is 0.761. The molecule has 18 heavy (non-hydrogen) atoms. The number of thiocarbonyl (C=S) groups is 1. The Labute approximate surface area is 119 Å². The molecule has 0 bridgehead atoms. The van der Waals surface area contributed by atoms with Gasteiger partial charge in [-0.1, -0.05) is 66.7 Å². The average molecular weight is 277 g/mol. The molecule has 1 aromatic carbocycles. The maximum Gasteiger partial charge on any atom is 0.137 e. The van der Waals surface area contributed by atoms with Crippen molar-refractivity contribution in [3.8, 4) is 0 Å². The van der Waals surface area contributed by atoms with E-state index >= 15 is 0 Å². The van der Waals surface area contributed by atoms with Gasteiger partial charge in [-0.25, -0.2) is 0 Å². The minimum absolute atomic E-state index is 0.692. The lowest BCUT2D eigenvalue weighted by molar-refractivity contribution is 0.263. The molecule has 1 aliphatic carbocycles. The van der Waals surface area contributed by atoms with Crippen molar-refractivity contribution >= 4 is 28.3 Å². The topological polar surface area (TPSA) is 3.24 Å². The SMILES string of the molecule is Cc1ccc(CN2C(=S)SC3CCCCC32)cc1. The summed E-state index contributed by atoms with van der Waals surface area (Å²) < 4.78 is 1.12. The molecule has 1 saturated heterocycles. The van der Waals surface area contributed by atoms with Crippen LogP contribution in [0.25, 0.3) is 0 Å². The second-order valence-electron chi connectivity index (χ2n) is 5.39. The largest absolute Gasteiger partial charge is 0.349 e. The summed E-state index contributed by atoms with van der Waals surface area (Å²) >= 11 is 7.51. The number of thioether (sulfide) groups is 1. The molecule has 2 fully saturated rings. The van der Waals surface area contributed by atoms with Crippen molar-refractivity contribution in [2.45, 2.75) is 50.4 Å². The first-order valence-electron chi connectivity index (χ1n) is 6.77. The molecule has 3 rings (SSSR count). The number of aryl methyl sites for hydroxylation is 1. The van der Waals surface area contributed by atoms with Crippen LogP contribution in [0.3, 0.4) is 0 Å². The molecule has 0 aromatic heterocycles. The lowest BCUT2D eigenvalue weighted by Gasteiger charge is -2.31. The fourth-order valence-corrected chi connectivity index (χ4v) is 4.87. The van der Waals surface area contributed by atoms with Crippen LogP contribution in [0, 0.1) is 6.92 Å². The molecule has 2 aliphatic rings. The summed E-state index contributed by atoms with van der Waals surface area (Å²) in [4.78, 5) is 2.47. The van der Waals surface area contributed by atoms with Crippen LogP contribution in [0.4, 0.5) is 0 Å². The summed E-state index contributed by atoms with van der Waals surface area (Å²) in [6, 6.07) is 9.55. The Balaban J connectivity index is 1.75. The predicted molar refractivity (Wildman–Crippen MR) is 83.0 cm³/mol. The second kappa shape index (κ2) is 5.22. The number of benzene rings is 1. The van der Waals surface area contributed by atoms with Gasteiger partial charge in [0.15, 0.2) is 0 Å². The van der Waals surface area contributed by atoms with E-state index in [-0.39, 0.29) is 0 Å². The Morgan fingerprint density at radius 1 is 1.22 bits per heavy atom.